The van der Waals surface area contributed by atoms with E-state index in [-0.39, 0.29) is 0 Å². The summed E-state index contributed by atoms with van der Waals surface area (Å²) in [6.07, 6.45) is 3.89. The molecule has 0 aromatic carbocycles. The third-order valence-corrected chi connectivity index (χ3v) is 4.62. The number of nitrogens with zero attached hydrogens (tertiary/aromatic N) is 3. The molecule has 1 N–H and O–H groups in total. The lowest BCUT2D eigenvalue weighted by atomic mass is 10.3. The molecule has 0 spiro atoms. The minimum Gasteiger partial charge on any atom is -0.378 e. The molecule has 0 aliphatic heterocycles. The largest absolute Gasteiger partial charge is 0.378 e. The lowest BCUT2D eigenvalue weighted by Gasteiger charge is -2.07. The second-order valence-electron chi connectivity index (χ2n) is 4.38. The van der Waals surface area contributed by atoms with Crippen LogP contribution >= 0.6 is 27.3 Å². The van der Waals surface area contributed by atoms with Crippen LogP contribution in [0.25, 0.3) is 4.96 Å². The van der Waals surface area contributed by atoms with Gasteiger partial charge in [-0.05, 0) is 41.4 Å². The summed E-state index contributed by atoms with van der Waals surface area (Å²) in [5.41, 5.74) is 4.40. The first-order valence-corrected chi connectivity index (χ1v) is 7.59. The molecule has 0 fully saturated rings. The number of halogens is 1. The normalized spacial score (nSPS) is 11.1. The average molecular weight is 337 g/mol. The Morgan fingerprint density at radius 2 is 2.26 bits per heavy atom. The Balaban J connectivity index is 1.83. The molecule has 3 aromatic rings. The summed E-state index contributed by atoms with van der Waals surface area (Å²) in [5, 5.41) is 5.45. The number of rotatable bonds is 3. The first-order chi connectivity index (χ1) is 9.15. The number of aromatic nitrogens is 3. The molecule has 0 saturated heterocycles. The molecule has 0 bridgehead atoms. The van der Waals surface area contributed by atoms with E-state index in [1.807, 2.05) is 20.0 Å². The summed E-state index contributed by atoms with van der Waals surface area (Å²) >= 11 is 5.06. The van der Waals surface area contributed by atoms with Crippen LogP contribution in [0.15, 0.2) is 28.4 Å². The number of imidazole rings is 1. The maximum absolute atomic E-state index is 4.54. The zero-order valence-electron chi connectivity index (χ0n) is 10.6. The van der Waals surface area contributed by atoms with Gasteiger partial charge in [0.15, 0.2) is 4.96 Å². The van der Waals surface area contributed by atoms with Crippen LogP contribution in [0.1, 0.15) is 17.0 Å². The zero-order chi connectivity index (χ0) is 13.4. The predicted molar refractivity (Wildman–Crippen MR) is 81.8 cm³/mol. The standard InChI is InChI=1S/C13H13BrN4S/c1-8-5-10(6-16-12(8)14)15-7-11-9(2)17-13-18(11)3-4-19-13/h3-6,15H,7H2,1-2H3. The maximum atomic E-state index is 4.54. The van der Waals surface area contributed by atoms with Gasteiger partial charge in [0.2, 0.25) is 0 Å². The fourth-order valence-corrected chi connectivity index (χ4v) is 2.99. The molecule has 19 heavy (non-hydrogen) atoms. The average Bonchev–Trinajstić information content (AvgIpc) is 2.92. The van der Waals surface area contributed by atoms with Crippen LogP contribution in [-0.2, 0) is 6.54 Å². The van der Waals surface area contributed by atoms with E-state index in [4.69, 9.17) is 0 Å². The highest BCUT2D eigenvalue weighted by molar-refractivity contribution is 9.10. The van der Waals surface area contributed by atoms with E-state index in [1.54, 1.807) is 11.3 Å². The molecule has 3 rings (SSSR count). The molecular weight excluding hydrogens is 324 g/mol. The number of hydrogen-bond donors (Lipinski definition) is 1. The molecule has 0 unspecified atom stereocenters. The van der Waals surface area contributed by atoms with Crippen LogP contribution in [0.2, 0.25) is 0 Å². The number of aryl methyl sites for hydroxylation is 2. The van der Waals surface area contributed by atoms with E-state index in [0.29, 0.717) is 0 Å². The van der Waals surface area contributed by atoms with Crippen molar-refractivity contribution in [3.05, 3.63) is 45.4 Å². The summed E-state index contributed by atoms with van der Waals surface area (Å²) in [4.78, 5) is 9.86. The molecule has 3 heterocycles. The van der Waals surface area contributed by atoms with Crippen LogP contribution in [0, 0.1) is 13.8 Å². The van der Waals surface area contributed by atoms with Crippen molar-refractivity contribution < 1.29 is 0 Å². The third-order valence-electron chi connectivity index (χ3n) is 3.04. The highest BCUT2D eigenvalue weighted by atomic mass is 79.9. The monoisotopic (exact) mass is 336 g/mol. The molecule has 0 radical (unpaired) electrons. The van der Waals surface area contributed by atoms with E-state index >= 15 is 0 Å². The molecule has 0 aliphatic carbocycles. The van der Waals surface area contributed by atoms with Crippen LogP contribution in [0.4, 0.5) is 5.69 Å². The molecule has 0 amide bonds. The van der Waals surface area contributed by atoms with Gasteiger partial charge in [0.05, 0.1) is 29.8 Å². The molecule has 0 aliphatic rings. The van der Waals surface area contributed by atoms with Crippen LogP contribution in [0.3, 0.4) is 0 Å². The number of anilines is 1. The van der Waals surface area contributed by atoms with Crippen molar-refractivity contribution in [3.63, 3.8) is 0 Å². The van der Waals surface area contributed by atoms with Gasteiger partial charge in [0.1, 0.15) is 4.60 Å². The second kappa shape index (κ2) is 4.94. The molecule has 98 valence electrons. The minimum atomic E-state index is 0.743. The van der Waals surface area contributed by atoms with E-state index in [0.717, 1.165) is 33.1 Å². The number of pyridine rings is 1. The Labute approximate surface area is 123 Å². The first kappa shape index (κ1) is 12.6. The summed E-state index contributed by atoms with van der Waals surface area (Å²) in [6, 6.07) is 2.08. The Bertz CT molecular complexity index is 731. The van der Waals surface area contributed by atoms with Gasteiger partial charge in [0, 0.05) is 11.6 Å². The topological polar surface area (TPSA) is 42.2 Å². The van der Waals surface area contributed by atoms with Crippen LogP contribution < -0.4 is 5.32 Å². The lowest BCUT2D eigenvalue weighted by molar-refractivity contribution is 0.990. The summed E-state index contributed by atoms with van der Waals surface area (Å²) < 4.78 is 3.02. The molecular formula is C13H13BrN4S. The Morgan fingerprint density at radius 1 is 1.42 bits per heavy atom. The molecule has 0 saturated carbocycles. The van der Waals surface area contributed by atoms with Gasteiger partial charge in [-0.2, -0.15) is 0 Å². The number of thiazole rings is 1. The zero-order valence-corrected chi connectivity index (χ0v) is 13.0. The van der Waals surface area contributed by atoms with Gasteiger partial charge >= 0.3 is 0 Å². The molecule has 0 atom stereocenters. The van der Waals surface area contributed by atoms with Gasteiger partial charge in [-0.25, -0.2) is 9.97 Å². The second-order valence-corrected chi connectivity index (χ2v) is 6.01. The number of hydrogen-bond acceptors (Lipinski definition) is 4. The van der Waals surface area contributed by atoms with Crippen molar-refractivity contribution in [2.45, 2.75) is 20.4 Å². The van der Waals surface area contributed by atoms with Gasteiger partial charge in [0.25, 0.3) is 0 Å². The van der Waals surface area contributed by atoms with Crippen molar-refractivity contribution in [3.8, 4) is 0 Å². The van der Waals surface area contributed by atoms with Crippen molar-refractivity contribution >= 4 is 37.9 Å². The third kappa shape index (κ3) is 2.37. The summed E-state index contributed by atoms with van der Waals surface area (Å²) in [5.74, 6) is 0. The summed E-state index contributed by atoms with van der Waals surface area (Å²) in [7, 11) is 0. The van der Waals surface area contributed by atoms with Gasteiger partial charge < -0.3 is 5.32 Å². The highest BCUT2D eigenvalue weighted by Crippen LogP contribution is 2.20. The van der Waals surface area contributed by atoms with Gasteiger partial charge in [-0.15, -0.1) is 11.3 Å². The fraction of sp³-hybridized carbons (Fsp3) is 0.231. The van der Waals surface area contributed by atoms with Crippen LogP contribution in [-0.4, -0.2) is 14.4 Å². The van der Waals surface area contributed by atoms with Gasteiger partial charge in [-0.3, -0.25) is 4.40 Å². The van der Waals surface area contributed by atoms with Crippen LogP contribution in [0.5, 0.6) is 0 Å². The van der Waals surface area contributed by atoms with E-state index in [1.165, 1.54) is 5.69 Å². The van der Waals surface area contributed by atoms with Crippen molar-refractivity contribution in [2.75, 3.05) is 5.32 Å². The minimum absolute atomic E-state index is 0.743. The predicted octanol–water partition coefficient (Wildman–Crippen LogP) is 3.78. The van der Waals surface area contributed by atoms with Crippen molar-refractivity contribution in [1.29, 1.82) is 0 Å². The molecule has 4 nitrogen and oxygen atoms in total. The van der Waals surface area contributed by atoms with E-state index < -0.39 is 0 Å². The highest BCUT2D eigenvalue weighted by Gasteiger charge is 2.09. The molecule has 3 aromatic heterocycles. The summed E-state index contributed by atoms with van der Waals surface area (Å²) in [6.45, 7) is 4.82. The number of nitrogens with one attached hydrogen (secondary N) is 1. The van der Waals surface area contributed by atoms with Crippen molar-refractivity contribution in [2.24, 2.45) is 0 Å². The van der Waals surface area contributed by atoms with Gasteiger partial charge in [-0.1, -0.05) is 0 Å². The molecule has 6 heteroatoms. The lowest BCUT2D eigenvalue weighted by Crippen LogP contribution is -2.04. The fourth-order valence-electron chi connectivity index (χ4n) is 1.99. The number of fused-ring (bicyclic) bond motifs is 1. The smallest absolute Gasteiger partial charge is 0.194 e. The van der Waals surface area contributed by atoms with E-state index in [2.05, 4.69) is 53.3 Å². The Hall–Kier alpha value is -1.40. The first-order valence-electron chi connectivity index (χ1n) is 5.92. The van der Waals surface area contributed by atoms with E-state index in [9.17, 15) is 0 Å². The SMILES string of the molecule is Cc1cc(NCc2c(C)nc3sccn23)cnc1Br. The Kier molecular flexibility index (Phi) is 3.28. The van der Waals surface area contributed by atoms with Crippen molar-refractivity contribution in [1.82, 2.24) is 14.4 Å². The quantitative estimate of drug-likeness (QED) is 0.740. The Morgan fingerprint density at radius 3 is 3.05 bits per heavy atom. The maximum Gasteiger partial charge on any atom is 0.194 e.